The summed E-state index contributed by atoms with van der Waals surface area (Å²) >= 11 is 0. The molecule has 0 radical (unpaired) electrons. The highest BCUT2D eigenvalue weighted by Gasteiger charge is 2.28. The summed E-state index contributed by atoms with van der Waals surface area (Å²) in [5, 5.41) is 15.2. The predicted molar refractivity (Wildman–Crippen MR) is 75.6 cm³/mol. The van der Waals surface area contributed by atoms with Crippen LogP contribution in [0.2, 0.25) is 0 Å². The van der Waals surface area contributed by atoms with E-state index in [0.29, 0.717) is 18.8 Å². The summed E-state index contributed by atoms with van der Waals surface area (Å²) in [7, 11) is 0. The van der Waals surface area contributed by atoms with Crippen molar-refractivity contribution in [2.45, 2.75) is 18.9 Å². The molecule has 0 saturated carbocycles. The third-order valence-electron chi connectivity index (χ3n) is 3.34. The van der Waals surface area contributed by atoms with Gasteiger partial charge < -0.3 is 9.84 Å². The average molecular weight is 302 g/mol. The van der Waals surface area contributed by atoms with Crippen molar-refractivity contribution < 1.29 is 19.4 Å². The molecule has 1 aliphatic rings. The van der Waals surface area contributed by atoms with E-state index in [4.69, 9.17) is 9.84 Å². The molecule has 2 N–H and O–H groups in total. The molecule has 0 spiro atoms. The number of benzene rings is 1. The van der Waals surface area contributed by atoms with Gasteiger partial charge >= 0.3 is 5.97 Å². The molecule has 1 unspecified atom stereocenters. The Kier molecular flexibility index (Phi) is 3.73. The van der Waals surface area contributed by atoms with Crippen LogP contribution in [0.15, 0.2) is 30.6 Å². The van der Waals surface area contributed by atoms with Crippen LogP contribution in [0.4, 0.5) is 5.95 Å². The topological polar surface area (TPSA) is 106 Å². The quantitative estimate of drug-likeness (QED) is 0.868. The number of carbonyl (C=O) groups is 2. The number of hydrogen-bond donors (Lipinski definition) is 2. The van der Waals surface area contributed by atoms with E-state index in [1.165, 1.54) is 6.33 Å². The van der Waals surface area contributed by atoms with Crippen LogP contribution in [0, 0.1) is 0 Å². The fourth-order valence-electron chi connectivity index (χ4n) is 2.38. The molecule has 1 atom stereocenters. The number of amides is 1. The Hall–Kier alpha value is -2.90. The van der Waals surface area contributed by atoms with Crippen molar-refractivity contribution in [1.82, 2.24) is 14.8 Å². The first-order chi connectivity index (χ1) is 10.6. The number of hydrogen-bond acceptors (Lipinski definition) is 5. The van der Waals surface area contributed by atoms with Crippen molar-refractivity contribution in [2.24, 2.45) is 0 Å². The van der Waals surface area contributed by atoms with Gasteiger partial charge in [-0.05, 0) is 12.5 Å². The first-order valence-electron chi connectivity index (χ1n) is 6.77. The van der Waals surface area contributed by atoms with Crippen LogP contribution in [0.1, 0.15) is 17.9 Å². The molecule has 0 aliphatic carbocycles. The molecule has 2 aromatic rings. The molecule has 3 rings (SSSR count). The Morgan fingerprint density at radius 2 is 2.23 bits per heavy atom. The summed E-state index contributed by atoms with van der Waals surface area (Å²) in [6, 6.07) is 7.39. The van der Waals surface area contributed by atoms with Crippen LogP contribution in [-0.4, -0.2) is 38.4 Å². The lowest BCUT2D eigenvalue weighted by atomic mass is 9.92. The molecule has 1 aliphatic heterocycles. The van der Waals surface area contributed by atoms with Gasteiger partial charge in [-0.15, -0.1) is 5.10 Å². The van der Waals surface area contributed by atoms with E-state index >= 15 is 0 Å². The number of nitrogens with one attached hydrogen (secondary N) is 1. The summed E-state index contributed by atoms with van der Waals surface area (Å²) in [5.74, 6) is -0.796. The second kappa shape index (κ2) is 5.84. The Morgan fingerprint density at radius 1 is 1.41 bits per heavy atom. The monoisotopic (exact) mass is 302 g/mol. The van der Waals surface area contributed by atoms with E-state index in [9.17, 15) is 9.59 Å². The highest BCUT2D eigenvalue weighted by Crippen LogP contribution is 2.33. The number of fused-ring (bicyclic) bond motifs is 1. The maximum absolute atomic E-state index is 12.4. The van der Waals surface area contributed by atoms with Gasteiger partial charge in [-0.3, -0.25) is 14.9 Å². The summed E-state index contributed by atoms with van der Waals surface area (Å²) in [6.07, 6.45) is 1.83. The van der Waals surface area contributed by atoms with Crippen LogP contribution in [0.3, 0.4) is 0 Å². The number of aromatic nitrogens is 3. The number of carboxylic acid groups (broad SMARTS) is 1. The third-order valence-corrected chi connectivity index (χ3v) is 3.34. The molecular formula is C14H14N4O4. The van der Waals surface area contributed by atoms with E-state index in [1.54, 1.807) is 0 Å². The average Bonchev–Trinajstić information content (AvgIpc) is 2.92. The number of carbonyl (C=O) groups excluding carboxylic acids is 1. The minimum absolute atomic E-state index is 0.0928. The van der Waals surface area contributed by atoms with Crippen LogP contribution in [-0.2, 0) is 16.1 Å². The van der Waals surface area contributed by atoms with Gasteiger partial charge in [0.15, 0.2) is 0 Å². The van der Waals surface area contributed by atoms with Gasteiger partial charge in [0.05, 0.1) is 12.5 Å². The third kappa shape index (κ3) is 2.90. The van der Waals surface area contributed by atoms with Crippen molar-refractivity contribution in [2.75, 3.05) is 11.9 Å². The number of para-hydroxylation sites is 1. The van der Waals surface area contributed by atoms with Crippen molar-refractivity contribution in [3.05, 3.63) is 36.2 Å². The first kappa shape index (κ1) is 14.1. The minimum Gasteiger partial charge on any atom is -0.493 e. The van der Waals surface area contributed by atoms with Crippen LogP contribution >= 0.6 is 0 Å². The molecule has 1 aromatic carbocycles. The normalized spacial score (nSPS) is 16.5. The molecule has 22 heavy (non-hydrogen) atoms. The molecule has 1 amide bonds. The Bertz CT molecular complexity index is 712. The highest BCUT2D eigenvalue weighted by molar-refractivity contribution is 5.95. The summed E-state index contributed by atoms with van der Waals surface area (Å²) < 4.78 is 6.67. The smallest absolute Gasteiger partial charge is 0.325 e. The molecular weight excluding hydrogens is 288 g/mol. The van der Waals surface area contributed by atoms with Gasteiger partial charge in [-0.1, -0.05) is 18.2 Å². The van der Waals surface area contributed by atoms with Crippen molar-refractivity contribution in [1.29, 1.82) is 0 Å². The van der Waals surface area contributed by atoms with Crippen LogP contribution in [0.5, 0.6) is 5.75 Å². The summed E-state index contributed by atoms with van der Waals surface area (Å²) in [4.78, 5) is 26.9. The maximum atomic E-state index is 12.4. The molecule has 1 aromatic heterocycles. The molecule has 0 saturated heterocycles. The Morgan fingerprint density at radius 3 is 3.05 bits per heavy atom. The lowest BCUT2D eigenvalue weighted by Gasteiger charge is -2.24. The molecule has 0 bridgehead atoms. The van der Waals surface area contributed by atoms with E-state index in [2.05, 4.69) is 15.4 Å². The van der Waals surface area contributed by atoms with Crippen LogP contribution in [0.25, 0.3) is 0 Å². The van der Waals surface area contributed by atoms with Crippen molar-refractivity contribution >= 4 is 17.8 Å². The van der Waals surface area contributed by atoms with Gasteiger partial charge in [0, 0.05) is 5.56 Å². The maximum Gasteiger partial charge on any atom is 0.325 e. The lowest BCUT2D eigenvalue weighted by molar-refractivity contribution is -0.137. The highest BCUT2D eigenvalue weighted by atomic mass is 16.5. The second-order valence-corrected chi connectivity index (χ2v) is 4.88. The number of rotatable bonds is 4. The van der Waals surface area contributed by atoms with E-state index in [-0.39, 0.29) is 24.3 Å². The van der Waals surface area contributed by atoms with Gasteiger partial charge in [0.25, 0.3) is 0 Å². The van der Waals surface area contributed by atoms with E-state index in [1.807, 2.05) is 24.3 Å². The summed E-state index contributed by atoms with van der Waals surface area (Å²) in [5.41, 5.74) is 0.830. The number of anilines is 1. The lowest BCUT2D eigenvalue weighted by Crippen LogP contribution is -2.27. The van der Waals surface area contributed by atoms with Crippen molar-refractivity contribution in [3.8, 4) is 5.75 Å². The van der Waals surface area contributed by atoms with Crippen molar-refractivity contribution in [3.63, 3.8) is 0 Å². The molecule has 0 fully saturated rings. The van der Waals surface area contributed by atoms with Gasteiger partial charge in [-0.2, -0.15) is 0 Å². The number of ether oxygens (including phenoxy) is 1. The van der Waals surface area contributed by atoms with Crippen LogP contribution < -0.4 is 10.1 Å². The zero-order valence-electron chi connectivity index (χ0n) is 11.6. The zero-order valence-corrected chi connectivity index (χ0v) is 11.6. The minimum atomic E-state index is -1.03. The molecule has 8 heteroatoms. The van der Waals surface area contributed by atoms with Gasteiger partial charge in [-0.25, -0.2) is 9.67 Å². The Labute approximate surface area is 125 Å². The number of aliphatic carboxylic acids is 1. The zero-order chi connectivity index (χ0) is 15.5. The predicted octanol–water partition coefficient (Wildman–Crippen LogP) is 0.867. The first-order valence-corrected chi connectivity index (χ1v) is 6.77. The van der Waals surface area contributed by atoms with Gasteiger partial charge in [0.1, 0.15) is 18.6 Å². The SMILES string of the molecule is O=C(O)Cn1cnc(NC(=O)C2CCOc3ccccc32)n1. The van der Waals surface area contributed by atoms with E-state index < -0.39 is 5.97 Å². The fourth-order valence-corrected chi connectivity index (χ4v) is 2.38. The molecule has 8 nitrogen and oxygen atoms in total. The fraction of sp³-hybridized carbons (Fsp3) is 0.286. The largest absolute Gasteiger partial charge is 0.493 e. The number of carboxylic acids is 1. The second-order valence-electron chi connectivity index (χ2n) is 4.88. The molecule has 2 heterocycles. The summed E-state index contributed by atoms with van der Waals surface area (Å²) in [6.45, 7) is 0.166. The molecule has 114 valence electrons. The Balaban J connectivity index is 1.73. The number of nitrogens with zero attached hydrogens (tertiary/aromatic N) is 3. The standard InChI is InChI=1S/C14H14N4O4/c19-12(20)7-18-8-15-14(17-18)16-13(21)10-5-6-22-11-4-2-1-3-9(10)11/h1-4,8,10H,5-7H2,(H,19,20)(H,16,17,21). The van der Waals surface area contributed by atoms with E-state index in [0.717, 1.165) is 10.2 Å². The van der Waals surface area contributed by atoms with Gasteiger partial charge in [0.2, 0.25) is 11.9 Å².